The van der Waals surface area contributed by atoms with Gasteiger partial charge in [0.1, 0.15) is 5.82 Å². The van der Waals surface area contributed by atoms with E-state index in [4.69, 9.17) is 0 Å². The Kier molecular flexibility index (Phi) is 6.74. The Hall–Kier alpha value is -0.780. The summed E-state index contributed by atoms with van der Waals surface area (Å²) in [6, 6.07) is 6.46. The summed E-state index contributed by atoms with van der Waals surface area (Å²) in [6.07, 6.45) is 4.09. The molecule has 23 heavy (non-hydrogen) atoms. The van der Waals surface area contributed by atoms with Crippen LogP contribution >= 0.6 is 24.2 Å². The van der Waals surface area contributed by atoms with E-state index in [2.05, 4.69) is 5.32 Å². The molecule has 2 aliphatic rings. The molecule has 0 aliphatic carbocycles. The second kappa shape index (κ2) is 8.36. The summed E-state index contributed by atoms with van der Waals surface area (Å²) in [5.41, 5.74) is 0.458. The topological polar surface area (TPSA) is 32.3 Å². The van der Waals surface area contributed by atoms with Gasteiger partial charge in [-0.15, -0.1) is 24.2 Å². The van der Waals surface area contributed by atoms with Crippen molar-refractivity contribution in [3.05, 3.63) is 30.1 Å². The van der Waals surface area contributed by atoms with E-state index in [9.17, 15) is 9.18 Å². The average Bonchev–Trinajstić information content (AvgIpc) is 2.98. The number of carbonyl (C=O) groups is 1. The summed E-state index contributed by atoms with van der Waals surface area (Å²) in [5, 5.41) is 3.45. The molecule has 1 aromatic rings. The number of amides is 1. The van der Waals surface area contributed by atoms with Crippen LogP contribution in [0.1, 0.15) is 25.7 Å². The van der Waals surface area contributed by atoms with E-state index in [0.717, 1.165) is 49.7 Å². The minimum Gasteiger partial charge on any atom is -0.343 e. The van der Waals surface area contributed by atoms with Crippen molar-refractivity contribution in [3.8, 4) is 0 Å². The van der Waals surface area contributed by atoms with Crippen LogP contribution in [0.15, 0.2) is 29.2 Å². The minimum atomic E-state index is -0.218. The second-order valence-corrected chi connectivity index (χ2v) is 7.53. The number of nitrogens with one attached hydrogen (secondary N) is 1. The normalized spacial score (nSPS) is 19.6. The van der Waals surface area contributed by atoms with E-state index in [-0.39, 0.29) is 24.1 Å². The van der Waals surface area contributed by atoms with Crippen LogP contribution in [-0.2, 0) is 4.79 Å². The van der Waals surface area contributed by atoms with Crippen LogP contribution in [0.3, 0.4) is 0 Å². The lowest BCUT2D eigenvalue weighted by Gasteiger charge is -2.39. The zero-order chi connectivity index (χ0) is 15.4. The number of carbonyl (C=O) groups excluding carboxylic acids is 1. The maximum Gasteiger partial charge on any atom is 0.223 e. The summed E-state index contributed by atoms with van der Waals surface area (Å²) in [4.78, 5) is 15.3. The van der Waals surface area contributed by atoms with Crippen LogP contribution in [0.2, 0.25) is 0 Å². The Morgan fingerprint density at radius 1 is 1.22 bits per heavy atom. The number of likely N-dealkylation sites (tertiary alicyclic amines) is 1. The van der Waals surface area contributed by atoms with Gasteiger partial charge in [-0.05, 0) is 55.5 Å². The molecule has 0 aromatic heterocycles. The first-order chi connectivity index (χ1) is 10.7. The zero-order valence-electron chi connectivity index (χ0n) is 13.2. The van der Waals surface area contributed by atoms with Crippen molar-refractivity contribution < 1.29 is 9.18 Å². The lowest BCUT2D eigenvalue weighted by molar-refractivity contribution is -0.132. The van der Waals surface area contributed by atoms with Crippen molar-refractivity contribution >= 4 is 30.1 Å². The summed E-state index contributed by atoms with van der Waals surface area (Å²) >= 11 is 1.62. The molecule has 2 saturated heterocycles. The van der Waals surface area contributed by atoms with Gasteiger partial charge in [0.05, 0.1) is 0 Å². The number of benzene rings is 1. The van der Waals surface area contributed by atoms with E-state index in [1.165, 1.54) is 18.6 Å². The molecule has 1 aromatic carbocycles. The van der Waals surface area contributed by atoms with Gasteiger partial charge in [-0.25, -0.2) is 4.39 Å². The highest BCUT2D eigenvalue weighted by Crippen LogP contribution is 2.37. The van der Waals surface area contributed by atoms with Gasteiger partial charge in [0.25, 0.3) is 0 Å². The highest BCUT2D eigenvalue weighted by atomic mass is 35.5. The van der Waals surface area contributed by atoms with Gasteiger partial charge >= 0.3 is 0 Å². The van der Waals surface area contributed by atoms with E-state index < -0.39 is 0 Å². The third-order valence-electron chi connectivity index (χ3n) is 4.91. The Labute approximate surface area is 147 Å². The Balaban J connectivity index is 0.00000192. The van der Waals surface area contributed by atoms with Crippen LogP contribution < -0.4 is 5.32 Å². The van der Waals surface area contributed by atoms with E-state index in [1.807, 2.05) is 4.90 Å². The van der Waals surface area contributed by atoms with Gasteiger partial charge in [-0.1, -0.05) is 0 Å². The number of hydrogen-bond acceptors (Lipinski definition) is 3. The van der Waals surface area contributed by atoms with Gasteiger partial charge in [-0.3, -0.25) is 4.79 Å². The SMILES string of the molecule is Cl.O=C(CCSc1ccc(F)cc1)N1CCC2(CCNC2)CC1. The molecule has 1 amide bonds. The molecule has 6 heteroatoms. The van der Waals surface area contributed by atoms with Crippen LogP contribution in [-0.4, -0.2) is 42.7 Å². The zero-order valence-corrected chi connectivity index (χ0v) is 14.9. The predicted octanol–water partition coefficient (Wildman–Crippen LogP) is 3.33. The largest absolute Gasteiger partial charge is 0.343 e. The van der Waals surface area contributed by atoms with Crippen molar-refractivity contribution in [2.24, 2.45) is 5.41 Å². The first kappa shape index (κ1) is 18.6. The van der Waals surface area contributed by atoms with E-state index >= 15 is 0 Å². The van der Waals surface area contributed by atoms with E-state index in [1.54, 1.807) is 23.9 Å². The van der Waals surface area contributed by atoms with Gasteiger partial charge in [0.2, 0.25) is 5.91 Å². The van der Waals surface area contributed by atoms with Gasteiger partial charge in [-0.2, -0.15) is 0 Å². The quantitative estimate of drug-likeness (QED) is 0.838. The molecule has 0 bridgehead atoms. The fraction of sp³-hybridized carbons (Fsp3) is 0.588. The maximum atomic E-state index is 12.8. The Morgan fingerprint density at radius 3 is 2.52 bits per heavy atom. The predicted molar refractivity (Wildman–Crippen MR) is 94.7 cm³/mol. The van der Waals surface area contributed by atoms with Crippen LogP contribution in [0.4, 0.5) is 4.39 Å². The molecular formula is C17H24ClFN2OS. The molecule has 0 unspecified atom stereocenters. The number of halogens is 2. The molecular weight excluding hydrogens is 335 g/mol. The van der Waals surface area contributed by atoms with Gasteiger partial charge in [0.15, 0.2) is 0 Å². The maximum absolute atomic E-state index is 12.8. The number of thioether (sulfide) groups is 1. The minimum absolute atomic E-state index is 0. The van der Waals surface area contributed by atoms with Crippen molar-refractivity contribution in [1.82, 2.24) is 10.2 Å². The molecule has 2 fully saturated rings. The fourth-order valence-corrected chi connectivity index (χ4v) is 4.24. The molecule has 0 radical (unpaired) electrons. The van der Waals surface area contributed by atoms with Crippen molar-refractivity contribution in [3.63, 3.8) is 0 Å². The van der Waals surface area contributed by atoms with Crippen molar-refractivity contribution in [2.45, 2.75) is 30.6 Å². The Morgan fingerprint density at radius 2 is 1.91 bits per heavy atom. The summed E-state index contributed by atoms with van der Waals surface area (Å²) in [7, 11) is 0. The van der Waals surface area contributed by atoms with Crippen LogP contribution in [0.5, 0.6) is 0 Å². The molecule has 2 heterocycles. The smallest absolute Gasteiger partial charge is 0.223 e. The lowest BCUT2D eigenvalue weighted by atomic mass is 9.78. The average molecular weight is 359 g/mol. The van der Waals surface area contributed by atoms with E-state index in [0.29, 0.717) is 11.8 Å². The first-order valence-corrected chi connectivity index (χ1v) is 9.02. The third-order valence-corrected chi connectivity index (χ3v) is 5.92. The third kappa shape index (κ3) is 4.85. The molecule has 0 saturated carbocycles. The summed E-state index contributed by atoms with van der Waals surface area (Å²) in [5.74, 6) is 0.799. The second-order valence-electron chi connectivity index (χ2n) is 6.36. The molecule has 2 aliphatic heterocycles. The standard InChI is InChI=1S/C17H23FN2OS.ClH/c18-14-1-3-15(4-2-14)22-12-5-16(21)20-10-7-17(8-11-20)6-9-19-13-17;/h1-4,19H,5-13H2;1H. The number of nitrogens with zero attached hydrogens (tertiary/aromatic N) is 1. The van der Waals surface area contributed by atoms with Crippen molar-refractivity contribution in [1.29, 1.82) is 0 Å². The number of piperidine rings is 1. The van der Waals surface area contributed by atoms with Gasteiger partial charge in [0, 0.05) is 36.7 Å². The number of hydrogen-bond donors (Lipinski definition) is 1. The van der Waals surface area contributed by atoms with Crippen LogP contribution in [0.25, 0.3) is 0 Å². The summed E-state index contributed by atoms with van der Waals surface area (Å²) in [6.45, 7) is 4.06. The molecule has 0 atom stereocenters. The molecule has 1 spiro atoms. The Bertz CT molecular complexity index is 510. The first-order valence-electron chi connectivity index (χ1n) is 8.04. The number of rotatable bonds is 4. The van der Waals surface area contributed by atoms with Crippen LogP contribution in [0, 0.1) is 11.2 Å². The molecule has 1 N–H and O–H groups in total. The fourth-order valence-electron chi connectivity index (χ4n) is 3.40. The highest BCUT2D eigenvalue weighted by Gasteiger charge is 2.37. The van der Waals surface area contributed by atoms with Gasteiger partial charge < -0.3 is 10.2 Å². The monoisotopic (exact) mass is 358 g/mol. The van der Waals surface area contributed by atoms with Crippen molar-refractivity contribution in [2.75, 3.05) is 31.9 Å². The summed E-state index contributed by atoms with van der Waals surface area (Å²) < 4.78 is 12.8. The molecule has 3 rings (SSSR count). The molecule has 3 nitrogen and oxygen atoms in total. The highest BCUT2D eigenvalue weighted by molar-refractivity contribution is 7.99. The molecule has 128 valence electrons. The lowest BCUT2D eigenvalue weighted by Crippen LogP contribution is -2.44.